The standard InChI is InChI=1S/C10H9Cl2NO3/c11-6-1-5(2-7(12)3-6)9(14)4-8(13)10(15)16/h1-3,8H,4,13H2,(H,15,16). The molecule has 16 heavy (non-hydrogen) atoms. The van der Waals surface area contributed by atoms with Crippen LogP contribution in [0.1, 0.15) is 16.8 Å². The Hall–Kier alpha value is -1.10. The molecular weight excluding hydrogens is 253 g/mol. The van der Waals surface area contributed by atoms with Crippen LogP contribution in [0.5, 0.6) is 0 Å². The number of nitrogens with two attached hydrogens (primary N) is 1. The maximum Gasteiger partial charge on any atom is 0.320 e. The van der Waals surface area contributed by atoms with Crippen molar-refractivity contribution < 1.29 is 14.7 Å². The fourth-order valence-electron chi connectivity index (χ4n) is 1.12. The molecule has 0 saturated carbocycles. The highest BCUT2D eigenvalue weighted by molar-refractivity contribution is 6.35. The maximum absolute atomic E-state index is 11.6. The molecule has 1 unspecified atom stereocenters. The second-order valence-corrected chi connectivity index (χ2v) is 4.10. The lowest BCUT2D eigenvalue weighted by Gasteiger charge is -2.06. The van der Waals surface area contributed by atoms with Crippen molar-refractivity contribution in [2.75, 3.05) is 0 Å². The highest BCUT2D eigenvalue weighted by Crippen LogP contribution is 2.20. The second-order valence-electron chi connectivity index (χ2n) is 3.23. The highest BCUT2D eigenvalue weighted by Gasteiger charge is 2.18. The van der Waals surface area contributed by atoms with E-state index in [0.29, 0.717) is 10.0 Å². The molecular formula is C10H9Cl2NO3. The molecule has 0 bridgehead atoms. The number of carbonyl (C=O) groups excluding carboxylic acids is 1. The number of rotatable bonds is 4. The van der Waals surface area contributed by atoms with Gasteiger partial charge < -0.3 is 10.8 Å². The van der Waals surface area contributed by atoms with Crippen molar-refractivity contribution in [2.24, 2.45) is 5.73 Å². The van der Waals surface area contributed by atoms with Gasteiger partial charge in [0.1, 0.15) is 6.04 Å². The number of ketones is 1. The van der Waals surface area contributed by atoms with Gasteiger partial charge in [-0.05, 0) is 18.2 Å². The zero-order chi connectivity index (χ0) is 12.3. The topological polar surface area (TPSA) is 80.4 Å². The highest BCUT2D eigenvalue weighted by atomic mass is 35.5. The Kier molecular flexibility index (Phi) is 4.29. The van der Waals surface area contributed by atoms with Crippen LogP contribution in [0, 0.1) is 0 Å². The van der Waals surface area contributed by atoms with E-state index < -0.39 is 17.8 Å². The first-order valence-corrected chi connectivity index (χ1v) is 5.13. The SMILES string of the molecule is NC(CC(=O)c1cc(Cl)cc(Cl)c1)C(=O)O. The summed E-state index contributed by atoms with van der Waals surface area (Å²) in [5.74, 6) is -1.62. The second kappa shape index (κ2) is 5.30. The number of carbonyl (C=O) groups is 2. The molecule has 0 spiro atoms. The van der Waals surface area contributed by atoms with Crippen LogP contribution in [0.2, 0.25) is 10.0 Å². The van der Waals surface area contributed by atoms with E-state index in [4.69, 9.17) is 34.0 Å². The fourth-order valence-corrected chi connectivity index (χ4v) is 1.65. The summed E-state index contributed by atoms with van der Waals surface area (Å²) in [5.41, 5.74) is 5.50. The molecule has 3 N–H and O–H groups in total. The van der Waals surface area contributed by atoms with E-state index in [1.807, 2.05) is 0 Å². The van der Waals surface area contributed by atoms with Crippen LogP contribution >= 0.6 is 23.2 Å². The van der Waals surface area contributed by atoms with Gasteiger partial charge in [-0.25, -0.2) is 0 Å². The van der Waals surface area contributed by atoms with Crippen LogP contribution in [0.25, 0.3) is 0 Å². The van der Waals surface area contributed by atoms with E-state index in [1.165, 1.54) is 18.2 Å². The number of benzene rings is 1. The van der Waals surface area contributed by atoms with Crippen molar-refractivity contribution in [3.05, 3.63) is 33.8 Å². The van der Waals surface area contributed by atoms with Gasteiger partial charge in [0, 0.05) is 22.0 Å². The van der Waals surface area contributed by atoms with Crippen molar-refractivity contribution in [2.45, 2.75) is 12.5 Å². The van der Waals surface area contributed by atoms with Crippen LogP contribution in [0.3, 0.4) is 0 Å². The number of carboxylic acid groups (broad SMARTS) is 1. The Morgan fingerprint density at radius 3 is 2.19 bits per heavy atom. The van der Waals surface area contributed by atoms with Crippen molar-refractivity contribution in [1.82, 2.24) is 0 Å². The molecule has 0 aliphatic rings. The van der Waals surface area contributed by atoms with Crippen LogP contribution in [-0.4, -0.2) is 22.9 Å². The summed E-state index contributed by atoms with van der Waals surface area (Å²) in [4.78, 5) is 22.1. The average molecular weight is 262 g/mol. The Morgan fingerprint density at radius 2 is 1.75 bits per heavy atom. The van der Waals surface area contributed by atoms with Gasteiger partial charge in [0.25, 0.3) is 0 Å². The van der Waals surface area contributed by atoms with Crippen LogP contribution in [-0.2, 0) is 4.79 Å². The number of Topliss-reactive ketones (excluding diaryl/α,β-unsaturated/α-hetero) is 1. The van der Waals surface area contributed by atoms with Gasteiger partial charge in [0.2, 0.25) is 0 Å². The van der Waals surface area contributed by atoms with E-state index in [0.717, 1.165) is 0 Å². The molecule has 1 aromatic carbocycles. The minimum atomic E-state index is -1.22. The van der Waals surface area contributed by atoms with Gasteiger partial charge >= 0.3 is 5.97 Å². The zero-order valence-electron chi connectivity index (χ0n) is 8.11. The number of hydrogen-bond acceptors (Lipinski definition) is 3. The minimum absolute atomic E-state index is 0.259. The van der Waals surface area contributed by atoms with E-state index >= 15 is 0 Å². The molecule has 1 aromatic rings. The van der Waals surface area contributed by atoms with Gasteiger partial charge in [0.15, 0.2) is 5.78 Å². The molecule has 0 heterocycles. The van der Waals surface area contributed by atoms with Crippen LogP contribution in [0.4, 0.5) is 0 Å². The van der Waals surface area contributed by atoms with Gasteiger partial charge in [-0.15, -0.1) is 0 Å². The normalized spacial score (nSPS) is 12.2. The monoisotopic (exact) mass is 261 g/mol. The lowest BCUT2D eigenvalue weighted by molar-refractivity contribution is -0.138. The lowest BCUT2D eigenvalue weighted by atomic mass is 10.0. The third kappa shape index (κ3) is 3.48. The van der Waals surface area contributed by atoms with Gasteiger partial charge in [-0.2, -0.15) is 0 Å². The average Bonchev–Trinajstić information content (AvgIpc) is 2.15. The van der Waals surface area contributed by atoms with Gasteiger partial charge in [0.05, 0.1) is 0 Å². The smallest absolute Gasteiger partial charge is 0.320 e. The Balaban J connectivity index is 2.84. The van der Waals surface area contributed by atoms with E-state index in [1.54, 1.807) is 0 Å². The number of halogens is 2. The molecule has 1 rings (SSSR count). The molecule has 0 aliphatic carbocycles. The number of hydrogen-bond donors (Lipinski definition) is 2. The van der Waals surface area contributed by atoms with Gasteiger partial charge in [-0.3, -0.25) is 9.59 Å². The Labute approximate surface area is 102 Å². The van der Waals surface area contributed by atoms with Crippen LogP contribution < -0.4 is 5.73 Å². The summed E-state index contributed by atoms with van der Waals surface area (Å²) in [5, 5.41) is 9.20. The third-order valence-electron chi connectivity index (χ3n) is 1.91. The fraction of sp³-hybridized carbons (Fsp3) is 0.200. The first-order valence-electron chi connectivity index (χ1n) is 4.38. The van der Waals surface area contributed by atoms with Crippen LogP contribution in [0.15, 0.2) is 18.2 Å². The summed E-state index contributed by atoms with van der Waals surface area (Å²) in [6.07, 6.45) is -0.286. The predicted molar refractivity (Wildman–Crippen MR) is 61.0 cm³/mol. The van der Waals surface area contributed by atoms with Crippen molar-refractivity contribution in [3.63, 3.8) is 0 Å². The minimum Gasteiger partial charge on any atom is -0.480 e. The summed E-state index contributed by atoms with van der Waals surface area (Å²) < 4.78 is 0. The number of aliphatic carboxylic acids is 1. The first kappa shape index (κ1) is 13.0. The summed E-state index contributed by atoms with van der Waals surface area (Å²) in [6.45, 7) is 0. The van der Waals surface area contributed by atoms with E-state index in [-0.39, 0.29) is 12.0 Å². The molecule has 0 amide bonds. The molecule has 0 radical (unpaired) electrons. The molecule has 0 saturated heterocycles. The molecule has 0 fully saturated rings. The van der Waals surface area contributed by atoms with E-state index in [2.05, 4.69) is 0 Å². The zero-order valence-corrected chi connectivity index (χ0v) is 9.63. The van der Waals surface area contributed by atoms with E-state index in [9.17, 15) is 9.59 Å². The quantitative estimate of drug-likeness (QED) is 0.813. The number of carboxylic acids is 1. The largest absolute Gasteiger partial charge is 0.480 e. The molecule has 86 valence electrons. The maximum atomic E-state index is 11.6. The molecule has 0 aromatic heterocycles. The molecule has 1 atom stereocenters. The first-order chi connectivity index (χ1) is 7.40. The summed E-state index contributed by atoms with van der Waals surface area (Å²) in [7, 11) is 0. The Bertz CT molecular complexity index is 414. The summed E-state index contributed by atoms with van der Waals surface area (Å²) >= 11 is 11.4. The van der Waals surface area contributed by atoms with Gasteiger partial charge in [-0.1, -0.05) is 23.2 Å². The van der Waals surface area contributed by atoms with Crippen molar-refractivity contribution >= 4 is 35.0 Å². The Morgan fingerprint density at radius 1 is 1.25 bits per heavy atom. The molecule has 0 aliphatic heterocycles. The predicted octanol–water partition coefficient (Wildman–Crippen LogP) is 1.98. The molecule has 4 nitrogen and oxygen atoms in total. The van der Waals surface area contributed by atoms with Crippen molar-refractivity contribution in [3.8, 4) is 0 Å². The summed E-state index contributed by atoms with van der Waals surface area (Å²) in [6, 6.07) is 3.11. The van der Waals surface area contributed by atoms with Crippen molar-refractivity contribution in [1.29, 1.82) is 0 Å². The molecule has 6 heteroatoms. The lowest BCUT2D eigenvalue weighted by Crippen LogP contribution is -2.32. The third-order valence-corrected chi connectivity index (χ3v) is 2.34.